The highest BCUT2D eigenvalue weighted by Gasteiger charge is 2.39. The van der Waals surface area contributed by atoms with Crippen LogP contribution in [-0.4, -0.2) is 30.4 Å². The largest absolute Gasteiger partial charge is 0.355 e. The van der Waals surface area contributed by atoms with Gasteiger partial charge in [-0.15, -0.1) is 0 Å². The Labute approximate surface area is 251 Å². The second-order valence-corrected chi connectivity index (χ2v) is 12.3. The molecule has 3 amide bonds. The molecule has 2 atom stereocenters. The molecule has 0 aliphatic carbocycles. The van der Waals surface area contributed by atoms with Crippen molar-refractivity contribution in [3.8, 4) is 0 Å². The Kier molecular flexibility index (Phi) is 9.74. The molecule has 1 heterocycles. The van der Waals surface area contributed by atoms with Crippen LogP contribution in [0, 0.1) is 5.41 Å². The summed E-state index contributed by atoms with van der Waals surface area (Å²) in [5.74, 6) is -0.765. The minimum Gasteiger partial charge on any atom is -0.355 e. The molecule has 4 rings (SSSR count). The number of benzene rings is 3. The van der Waals surface area contributed by atoms with Gasteiger partial charge in [-0.25, -0.2) is 0 Å². The van der Waals surface area contributed by atoms with Gasteiger partial charge in [-0.05, 0) is 46.4 Å². The Hall–Kier alpha value is -3.39. The van der Waals surface area contributed by atoms with Crippen LogP contribution in [0.2, 0.25) is 10.0 Å². The SMILES string of the molecule is CC(=O)NCc1cccc(C2OC(CC(=O)NCc3ccccc3Cl)C(=O)N(CC(C)(C)C)c3ccc(Cl)cc32)c1. The number of rotatable bonds is 8. The van der Waals surface area contributed by atoms with Crippen LogP contribution >= 0.6 is 23.2 Å². The average molecular weight is 597 g/mol. The Bertz CT molecular complexity index is 1440. The minimum atomic E-state index is -1.06. The molecule has 1 aliphatic heterocycles. The predicted molar refractivity (Wildman–Crippen MR) is 162 cm³/mol. The van der Waals surface area contributed by atoms with Crippen LogP contribution in [0.5, 0.6) is 0 Å². The highest BCUT2D eigenvalue weighted by Crippen LogP contribution is 2.41. The van der Waals surface area contributed by atoms with Gasteiger partial charge in [0, 0.05) is 47.9 Å². The number of nitrogens with one attached hydrogen (secondary N) is 2. The van der Waals surface area contributed by atoms with Crippen molar-refractivity contribution in [3.05, 3.63) is 99.0 Å². The van der Waals surface area contributed by atoms with Gasteiger partial charge >= 0.3 is 0 Å². The molecular formula is C32H35Cl2N3O4. The van der Waals surface area contributed by atoms with E-state index < -0.39 is 12.2 Å². The standard InChI is InChI=1S/C32H35Cl2N3O4/c1-20(38)35-17-21-8-7-10-22(14-21)30-25-15-24(33)12-13-27(25)37(19-32(2,3)4)31(40)28(41-30)16-29(39)36-18-23-9-5-6-11-26(23)34/h5-15,28,30H,16-19H2,1-4H3,(H,35,38)(H,36,39). The Morgan fingerprint density at radius 2 is 1.71 bits per heavy atom. The van der Waals surface area contributed by atoms with Crippen molar-refractivity contribution in [1.29, 1.82) is 0 Å². The van der Waals surface area contributed by atoms with Crippen molar-refractivity contribution in [2.45, 2.75) is 59.4 Å². The molecule has 7 nitrogen and oxygen atoms in total. The first-order valence-corrected chi connectivity index (χ1v) is 14.3. The number of halogens is 2. The van der Waals surface area contributed by atoms with Crippen LogP contribution < -0.4 is 15.5 Å². The molecule has 0 aromatic heterocycles. The summed E-state index contributed by atoms with van der Waals surface area (Å²) in [6, 6.07) is 20.3. The number of fused-ring (bicyclic) bond motifs is 1. The van der Waals surface area contributed by atoms with E-state index in [0.29, 0.717) is 28.8 Å². The molecule has 3 aromatic carbocycles. The fourth-order valence-corrected chi connectivity index (χ4v) is 5.15. The van der Waals surface area contributed by atoms with Gasteiger partial charge in [0.1, 0.15) is 12.2 Å². The molecule has 216 valence electrons. The fraction of sp³-hybridized carbons (Fsp3) is 0.344. The van der Waals surface area contributed by atoms with Crippen LogP contribution in [-0.2, 0) is 32.2 Å². The number of hydrogen-bond donors (Lipinski definition) is 2. The van der Waals surface area contributed by atoms with Crippen LogP contribution in [0.25, 0.3) is 0 Å². The number of ether oxygens (including phenoxy) is 1. The topological polar surface area (TPSA) is 87.7 Å². The van der Waals surface area contributed by atoms with Gasteiger partial charge in [0.2, 0.25) is 11.8 Å². The average Bonchev–Trinajstić information content (AvgIpc) is 3.01. The molecule has 0 saturated heterocycles. The number of carbonyl (C=O) groups excluding carboxylic acids is 3. The highest BCUT2D eigenvalue weighted by molar-refractivity contribution is 6.31. The predicted octanol–water partition coefficient (Wildman–Crippen LogP) is 6.20. The van der Waals surface area contributed by atoms with Crippen LogP contribution in [0.15, 0.2) is 66.7 Å². The van der Waals surface area contributed by atoms with Gasteiger partial charge in [0.25, 0.3) is 5.91 Å². The Morgan fingerprint density at radius 3 is 2.41 bits per heavy atom. The van der Waals surface area contributed by atoms with Crippen molar-refractivity contribution in [2.24, 2.45) is 5.41 Å². The van der Waals surface area contributed by atoms with E-state index in [1.54, 1.807) is 17.0 Å². The Balaban J connectivity index is 1.70. The van der Waals surface area contributed by atoms with Crippen LogP contribution in [0.1, 0.15) is 62.5 Å². The molecule has 0 fully saturated rings. The zero-order valence-corrected chi connectivity index (χ0v) is 25.2. The van der Waals surface area contributed by atoms with Gasteiger partial charge in [-0.1, -0.05) is 86.4 Å². The number of anilines is 1. The van der Waals surface area contributed by atoms with E-state index in [1.807, 2.05) is 54.6 Å². The molecule has 0 saturated carbocycles. The zero-order valence-electron chi connectivity index (χ0n) is 23.7. The van der Waals surface area contributed by atoms with E-state index in [2.05, 4.69) is 31.4 Å². The molecule has 0 spiro atoms. The summed E-state index contributed by atoms with van der Waals surface area (Å²) in [5.41, 5.74) is 3.61. The summed E-state index contributed by atoms with van der Waals surface area (Å²) >= 11 is 12.7. The number of amides is 3. The van der Waals surface area contributed by atoms with Crippen molar-refractivity contribution in [2.75, 3.05) is 11.4 Å². The second-order valence-electron chi connectivity index (χ2n) is 11.4. The van der Waals surface area contributed by atoms with Crippen molar-refractivity contribution >= 4 is 46.6 Å². The number of carbonyl (C=O) groups is 3. The summed E-state index contributed by atoms with van der Waals surface area (Å²) in [6.07, 6.45) is -1.91. The van der Waals surface area contributed by atoms with E-state index in [0.717, 1.165) is 22.3 Å². The monoisotopic (exact) mass is 595 g/mol. The second kappa shape index (κ2) is 13.1. The molecule has 2 N–H and O–H groups in total. The van der Waals surface area contributed by atoms with Gasteiger partial charge < -0.3 is 20.3 Å². The summed E-state index contributed by atoms with van der Waals surface area (Å²) in [5, 5.41) is 6.75. The molecule has 41 heavy (non-hydrogen) atoms. The molecule has 2 unspecified atom stereocenters. The van der Waals surface area contributed by atoms with Gasteiger partial charge in [-0.2, -0.15) is 0 Å². The van der Waals surface area contributed by atoms with E-state index in [-0.39, 0.29) is 36.1 Å². The summed E-state index contributed by atoms with van der Waals surface area (Å²) in [7, 11) is 0. The summed E-state index contributed by atoms with van der Waals surface area (Å²) in [4.78, 5) is 40.4. The van der Waals surface area contributed by atoms with Gasteiger partial charge in [0.05, 0.1) is 6.42 Å². The van der Waals surface area contributed by atoms with E-state index in [4.69, 9.17) is 27.9 Å². The van der Waals surface area contributed by atoms with Gasteiger partial charge in [0.15, 0.2) is 0 Å². The lowest BCUT2D eigenvalue weighted by molar-refractivity contribution is -0.138. The maximum atomic E-state index is 14.1. The van der Waals surface area contributed by atoms with Crippen LogP contribution in [0.3, 0.4) is 0 Å². The van der Waals surface area contributed by atoms with Crippen molar-refractivity contribution in [1.82, 2.24) is 10.6 Å². The lowest BCUT2D eigenvalue weighted by Crippen LogP contribution is -2.45. The van der Waals surface area contributed by atoms with E-state index in [1.165, 1.54) is 6.92 Å². The Morgan fingerprint density at radius 1 is 0.951 bits per heavy atom. The minimum absolute atomic E-state index is 0.135. The fourth-order valence-electron chi connectivity index (χ4n) is 4.77. The normalized spacial score (nSPS) is 17.0. The number of hydrogen-bond acceptors (Lipinski definition) is 4. The first-order valence-electron chi connectivity index (χ1n) is 13.5. The molecule has 0 bridgehead atoms. The molecular weight excluding hydrogens is 561 g/mol. The first kappa shape index (κ1) is 30.6. The third-order valence-corrected chi connectivity index (χ3v) is 7.24. The lowest BCUT2D eigenvalue weighted by Gasteiger charge is -2.31. The number of nitrogens with zero attached hydrogens (tertiary/aromatic N) is 1. The van der Waals surface area contributed by atoms with Crippen molar-refractivity contribution in [3.63, 3.8) is 0 Å². The lowest BCUT2D eigenvalue weighted by atomic mass is 9.94. The maximum absolute atomic E-state index is 14.1. The smallest absolute Gasteiger partial charge is 0.256 e. The maximum Gasteiger partial charge on any atom is 0.256 e. The third-order valence-electron chi connectivity index (χ3n) is 6.64. The first-order chi connectivity index (χ1) is 19.4. The van der Waals surface area contributed by atoms with Crippen LogP contribution in [0.4, 0.5) is 5.69 Å². The summed E-state index contributed by atoms with van der Waals surface area (Å²) in [6.45, 7) is 8.61. The summed E-state index contributed by atoms with van der Waals surface area (Å²) < 4.78 is 6.54. The molecule has 0 radical (unpaired) electrons. The molecule has 9 heteroatoms. The highest BCUT2D eigenvalue weighted by atomic mass is 35.5. The van der Waals surface area contributed by atoms with E-state index >= 15 is 0 Å². The molecule has 3 aromatic rings. The third kappa shape index (κ3) is 8.09. The quantitative estimate of drug-likeness (QED) is 0.324. The van der Waals surface area contributed by atoms with E-state index in [9.17, 15) is 14.4 Å². The zero-order chi connectivity index (χ0) is 29.7. The molecule has 1 aliphatic rings. The van der Waals surface area contributed by atoms with Gasteiger partial charge in [-0.3, -0.25) is 14.4 Å². The van der Waals surface area contributed by atoms with Crippen molar-refractivity contribution < 1.29 is 19.1 Å².